The minimum atomic E-state index is -0.576. The number of carbonyl (C=O) groups excluding carboxylic acids is 1. The summed E-state index contributed by atoms with van der Waals surface area (Å²) in [5.74, 6) is 1.33. The van der Waals surface area contributed by atoms with Crippen LogP contribution in [0.2, 0.25) is 0 Å². The van der Waals surface area contributed by atoms with E-state index in [2.05, 4.69) is 27.3 Å². The second kappa shape index (κ2) is 5.11. The highest BCUT2D eigenvalue weighted by atomic mass is 79.9. The van der Waals surface area contributed by atoms with E-state index >= 15 is 0 Å². The van der Waals surface area contributed by atoms with Crippen LogP contribution < -0.4 is 10.1 Å². The van der Waals surface area contributed by atoms with Gasteiger partial charge < -0.3 is 10.1 Å². The molecule has 2 aliphatic carbocycles. The second-order valence-electron chi connectivity index (χ2n) is 4.56. The van der Waals surface area contributed by atoms with Gasteiger partial charge in [-0.15, -0.1) is 11.6 Å². The van der Waals surface area contributed by atoms with E-state index in [1.54, 1.807) is 19.1 Å². The molecule has 1 atom stereocenters. The first-order valence-electron chi connectivity index (χ1n) is 6.11. The lowest BCUT2D eigenvalue weighted by molar-refractivity contribution is -0.115. The topological polar surface area (TPSA) is 38.3 Å². The molecule has 0 radical (unpaired) electrons. The number of halogens is 2. The highest BCUT2D eigenvalue weighted by molar-refractivity contribution is 9.10. The normalized spacial score (nSPS) is 12.8. The van der Waals surface area contributed by atoms with Crippen molar-refractivity contribution in [3.63, 3.8) is 0 Å². The number of fused-ring (bicyclic) bond motifs is 1. The van der Waals surface area contributed by atoms with Crippen LogP contribution in [0.3, 0.4) is 0 Å². The Bertz CT molecular complexity index is 700. The summed E-state index contributed by atoms with van der Waals surface area (Å²) in [7, 11) is 0. The zero-order valence-corrected chi connectivity index (χ0v) is 13.0. The van der Waals surface area contributed by atoms with Gasteiger partial charge in [0.1, 0.15) is 16.9 Å². The Morgan fingerprint density at radius 1 is 1.30 bits per heavy atom. The minimum absolute atomic E-state index is 0.239. The molecule has 1 aromatic rings. The number of nitrogens with one attached hydrogen (secondary N) is 1. The van der Waals surface area contributed by atoms with Gasteiger partial charge in [0.2, 0.25) is 5.91 Å². The maximum Gasteiger partial charge on any atom is 0.242 e. The third-order valence-electron chi connectivity index (χ3n) is 2.99. The van der Waals surface area contributed by atoms with Crippen LogP contribution in [-0.2, 0) is 4.79 Å². The van der Waals surface area contributed by atoms with E-state index in [1.807, 2.05) is 18.2 Å². The van der Waals surface area contributed by atoms with Crippen LogP contribution in [-0.4, -0.2) is 11.3 Å². The molecule has 2 aliphatic rings. The third-order valence-corrected chi connectivity index (χ3v) is 3.85. The quantitative estimate of drug-likeness (QED) is 0.686. The Balaban J connectivity index is 1.74. The summed E-state index contributed by atoms with van der Waals surface area (Å²) in [6.07, 6.45) is 0. The molecule has 3 nitrogen and oxygen atoms in total. The lowest BCUT2D eigenvalue weighted by atomic mass is 10.3. The molecule has 1 unspecified atom stereocenters. The first kappa shape index (κ1) is 13.5. The van der Waals surface area contributed by atoms with E-state index in [-0.39, 0.29) is 5.91 Å². The van der Waals surface area contributed by atoms with Crippen molar-refractivity contribution in [3.05, 3.63) is 40.9 Å². The van der Waals surface area contributed by atoms with Gasteiger partial charge in [-0.25, -0.2) is 0 Å². The van der Waals surface area contributed by atoms with Crippen molar-refractivity contribution in [1.29, 1.82) is 0 Å². The van der Waals surface area contributed by atoms with Crippen LogP contribution in [0.1, 0.15) is 6.92 Å². The van der Waals surface area contributed by atoms with E-state index in [0.29, 0.717) is 11.4 Å². The van der Waals surface area contributed by atoms with Crippen molar-refractivity contribution in [2.75, 3.05) is 5.32 Å². The molecule has 0 aliphatic heterocycles. The van der Waals surface area contributed by atoms with Crippen molar-refractivity contribution in [1.82, 2.24) is 0 Å². The van der Waals surface area contributed by atoms with Gasteiger partial charge in [0.15, 0.2) is 0 Å². The number of anilines is 1. The van der Waals surface area contributed by atoms with E-state index < -0.39 is 5.38 Å². The molecule has 3 rings (SSSR count). The van der Waals surface area contributed by atoms with Crippen molar-refractivity contribution in [3.8, 4) is 22.6 Å². The fourth-order valence-corrected chi connectivity index (χ4v) is 2.35. The maximum atomic E-state index is 11.6. The lowest BCUT2D eigenvalue weighted by Gasteiger charge is -2.10. The Morgan fingerprint density at radius 2 is 2.10 bits per heavy atom. The first-order valence-corrected chi connectivity index (χ1v) is 7.34. The number of benzene rings is 2. The summed E-state index contributed by atoms with van der Waals surface area (Å²) in [5, 5.41) is 2.16. The average molecular weight is 353 g/mol. The molecule has 1 aromatic carbocycles. The molecule has 0 aromatic heterocycles. The molecule has 0 fully saturated rings. The van der Waals surface area contributed by atoms with Crippen LogP contribution in [0.25, 0.3) is 11.1 Å². The number of hydrogen-bond donors (Lipinski definition) is 1. The van der Waals surface area contributed by atoms with Gasteiger partial charge in [-0.1, -0.05) is 6.07 Å². The molecular formula is C15H11BrClNO2. The van der Waals surface area contributed by atoms with Crippen molar-refractivity contribution in [2.24, 2.45) is 0 Å². The van der Waals surface area contributed by atoms with Crippen LogP contribution in [0.4, 0.5) is 5.69 Å². The lowest BCUT2D eigenvalue weighted by Crippen LogP contribution is -2.20. The minimum Gasteiger partial charge on any atom is -0.457 e. The van der Waals surface area contributed by atoms with E-state index in [4.69, 9.17) is 16.3 Å². The van der Waals surface area contributed by atoms with Gasteiger partial charge in [-0.05, 0) is 58.7 Å². The zero-order chi connectivity index (χ0) is 14.3. The van der Waals surface area contributed by atoms with Crippen molar-refractivity contribution >= 4 is 39.1 Å². The Hall–Kier alpha value is -1.52. The van der Waals surface area contributed by atoms with Crippen LogP contribution in [0.15, 0.2) is 40.9 Å². The molecule has 5 heteroatoms. The standard InChI is InChI=1S/C15H11BrClNO2/c1-8(17)15(19)18-13-4-3-10(7-12(13)16)20-14-5-2-9-6-11(9)14/h2-8H,1H3,(H,18,19). The fraction of sp³-hybridized carbons (Fsp3) is 0.133. The van der Waals surface area contributed by atoms with Crippen molar-refractivity contribution in [2.45, 2.75) is 12.3 Å². The number of amides is 1. The van der Waals surface area contributed by atoms with Gasteiger partial charge in [0.25, 0.3) is 0 Å². The van der Waals surface area contributed by atoms with Crippen molar-refractivity contribution < 1.29 is 9.53 Å². The Morgan fingerprint density at radius 3 is 2.65 bits per heavy atom. The smallest absolute Gasteiger partial charge is 0.242 e. The molecular weight excluding hydrogens is 342 g/mol. The average Bonchev–Trinajstić information content (AvgIpc) is 3.08. The van der Waals surface area contributed by atoms with E-state index in [9.17, 15) is 4.79 Å². The Kier molecular flexibility index (Phi) is 3.44. The van der Waals surface area contributed by atoms with E-state index in [0.717, 1.165) is 15.8 Å². The molecule has 1 amide bonds. The highest BCUT2D eigenvalue weighted by Gasteiger charge is 2.19. The van der Waals surface area contributed by atoms with Gasteiger partial charge in [-0.2, -0.15) is 0 Å². The summed E-state index contributed by atoms with van der Waals surface area (Å²) >= 11 is 9.14. The molecule has 1 N–H and O–H groups in total. The third kappa shape index (κ3) is 2.67. The molecule has 0 saturated heterocycles. The largest absolute Gasteiger partial charge is 0.457 e. The molecule has 20 heavy (non-hydrogen) atoms. The predicted octanol–water partition coefficient (Wildman–Crippen LogP) is 4.79. The van der Waals surface area contributed by atoms with Gasteiger partial charge >= 0.3 is 0 Å². The molecule has 0 saturated carbocycles. The highest BCUT2D eigenvalue weighted by Crippen LogP contribution is 2.45. The molecule has 0 spiro atoms. The second-order valence-corrected chi connectivity index (χ2v) is 6.07. The van der Waals surface area contributed by atoms with Crippen LogP contribution in [0, 0.1) is 0 Å². The Labute approximate surface area is 130 Å². The SMILES string of the molecule is CC(Cl)C(=O)Nc1ccc(Oc2ccc3cc2-3)cc1Br. The summed E-state index contributed by atoms with van der Waals surface area (Å²) in [5.41, 5.74) is 3.06. The summed E-state index contributed by atoms with van der Waals surface area (Å²) in [6, 6.07) is 11.4. The summed E-state index contributed by atoms with van der Waals surface area (Å²) < 4.78 is 6.54. The monoisotopic (exact) mass is 351 g/mol. The fourth-order valence-electron chi connectivity index (χ4n) is 1.83. The summed E-state index contributed by atoms with van der Waals surface area (Å²) in [6.45, 7) is 1.63. The van der Waals surface area contributed by atoms with Gasteiger partial charge in [0, 0.05) is 10.0 Å². The van der Waals surface area contributed by atoms with Gasteiger partial charge in [-0.3, -0.25) is 4.79 Å². The number of rotatable bonds is 4. The van der Waals surface area contributed by atoms with Gasteiger partial charge in [0.05, 0.1) is 5.69 Å². The number of carbonyl (C=O) groups is 1. The molecule has 0 bridgehead atoms. The summed E-state index contributed by atoms with van der Waals surface area (Å²) in [4.78, 5) is 11.6. The van der Waals surface area contributed by atoms with Crippen LogP contribution >= 0.6 is 27.5 Å². The first-order chi connectivity index (χ1) is 9.54. The van der Waals surface area contributed by atoms with Crippen LogP contribution in [0.5, 0.6) is 11.5 Å². The number of ether oxygens (including phenoxy) is 1. The number of hydrogen-bond acceptors (Lipinski definition) is 2. The van der Waals surface area contributed by atoms with E-state index in [1.165, 1.54) is 5.56 Å². The molecule has 0 heterocycles. The molecule has 102 valence electrons. The predicted molar refractivity (Wildman–Crippen MR) is 83.6 cm³/mol. The number of alkyl halides is 1. The zero-order valence-electron chi connectivity index (χ0n) is 10.6. The maximum absolute atomic E-state index is 11.6.